The normalized spacial score (nSPS) is 11.7. The lowest BCUT2D eigenvalue weighted by Crippen LogP contribution is -2.26. The predicted octanol–water partition coefficient (Wildman–Crippen LogP) is 3.74. The highest BCUT2D eigenvalue weighted by Crippen LogP contribution is 2.18. The standard InChI is InChI=1S/C20H29N3O4/c1-13-7-8-15(11-14(13)2)21-18(25)10-9-16(22-23-19(26)27-6)12-17(24)20(3,4)5/h7-8,11H,9-10,12H2,1-6H3,(H,21,25)(H,23,26)/b22-16+. The number of hydrazone groups is 1. The van der Waals surface area contributed by atoms with E-state index in [4.69, 9.17) is 0 Å². The number of benzene rings is 1. The lowest BCUT2D eigenvalue weighted by molar-refractivity contribution is -0.125. The summed E-state index contributed by atoms with van der Waals surface area (Å²) in [6.07, 6.45) is -0.269. The summed E-state index contributed by atoms with van der Waals surface area (Å²) in [7, 11) is 1.22. The van der Waals surface area contributed by atoms with Gasteiger partial charge in [-0.3, -0.25) is 9.59 Å². The van der Waals surface area contributed by atoms with E-state index in [1.54, 1.807) is 0 Å². The molecule has 1 aromatic carbocycles. The summed E-state index contributed by atoms with van der Waals surface area (Å²) < 4.78 is 4.48. The van der Waals surface area contributed by atoms with Crippen LogP contribution in [0.2, 0.25) is 0 Å². The van der Waals surface area contributed by atoms with Crippen LogP contribution in [0.15, 0.2) is 23.3 Å². The first-order valence-corrected chi connectivity index (χ1v) is 8.82. The topological polar surface area (TPSA) is 96.9 Å². The van der Waals surface area contributed by atoms with Gasteiger partial charge < -0.3 is 10.1 Å². The third-order valence-electron chi connectivity index (χ3n) is 4.12. The number of amides is 2. The largest absolute Gasteiger partial charge is 0.452 e. The highest BCUT2D eigenvalue weighted by atomic mass is 16.5. The van der Waals surface area contributed by atoms with Gasteiger partial charge in [0, 0.05) is 29.7 Å². The Hall–Kier alpha value is -2.70. The Morgan fingerprint density at radius 1 is 1.07 bits per heavy atom. The Morgan fingerprint density at radius 3 is 2.30 bits per heavy atom. The highest BCUT2D eigenvalue weighted by Gasteiger charge is 2.23. The second-order valence-electron chi connectivity index (χ2n) is 7.48. The van der Waals surface area contributed by atoms with Crippen molar-refractivity contribution < 1.29 is 19.1 Å². The van der Waals surface area contributed by atoms with Crippen LogP contribution in [0, 0.1) is 19.3 Å². The quantitative estimate of drug-likeness (QED) is 0.560. The number of hydrogen-bond acceptors (Lipinski definition) is 5. The van der Waals surface area contributed by atoms with Crippen molar-refractivity contribution in [2.24, 2.45) is 10.5 Å². The van der Waals surface area contributed by atoms with Gasteiger partial charge in [-0.2, -0.15) is 5.10 Å². The molecule has 0 aliphatic carbocycles. The summed E-state index contributed by atoms with van der Waals surface area (Å²) in [5.41, 5.74) is 5.07. The minimum atomic E-state index is -0.727. The zero-order chi connectivity index (χ0) is 20.6. The molecular weight excluding hydrogens is 346 g/mol. The number of aryl methyl sites for hydroxylation is 2. The molecular formula is C20H29N3O4. The zero-order valence-electron chi connectivity index (χ0n) is 16.9. The van der Waals surface area contributed by atoms with Crippen molar-refractivity contribution in [2.45, 2.75) is 53.9 Å². The Labute approximate surface area is 160 Å². The fourth-order valence-corrected chi connectivity index (χ4v) is 2.11. The molecule has 0 aliphatic heterocycles. The number of methoxy groups -OCH3 is 1. The number of nitrogens with one attached hydrogen (secondary N) is 2. The molecule has 0 radical (unpaired) electrons. The van der Waals surface area contributed by atoms with Crippen molar-refractivity contribution in [3.05, 3.63) is 29.3 Å². The van der Waals surface area contributed by atoms with E-state index in [-0.39, 0.29) is 31.0 Å². The number of carbonyl (C=O) groups is 3. The molecule has 0 aromatic heterocycles. The van der Waals surface area contributed by atoms with Gasteiger partial charge in [-0.25, -0.2) is 10.2 Å². The maximum absolute atomic E-state index is 12.3. The number of ether oxygens (including phenoxy) is 1. The summed E-state index contributed by atoms with van der Waals surface area (Å²) >= 11 is 0. The van der Waals surface area contributed by atoms with Gasteiger partial charge in [0.05, 0.1) is 7.11 Å². The van der Waals surface area contributed by atoms with E-state index in [2.05, 4.69) is 20.6 Å². The number of rotatable bonds is 7. The van der Waals surface area contributed by atoms with E-state index in [1.165, 1.54) is 7.11 Å². The van der Waals surface area contributed by atoms with Gasteiger partial charge in [-0.05, 0) is 43.5 Å². The van der Waals surface area contributed by atoms with Crippen molar-refractivity contribution in [1.82, 2.24) is 5.43 Å². The van der Waals surface area contributed by atoms with E-state index in [1.807, 2.05) is 52.8 Å². The molecule has 0 unspecified atom stereocenters. The lowest BCUT2D eigenvalue weighted by atomic mass is 9.87. The Balaban J connectivity index is 2.73. The summed E-state index contributed by atoms with van der Waals surface area (Å²) in [6.45, 7) is 9.42. The van der Waals surface area contributed by atoms with E-state index >= 15 is 0 Å². The third kappa shape index (κ3) is 8.02. The van der Waals surface area contributed by atoms with Crippen molar-refractivity contribution in [3.8, 4) is 0 Å². The van der Waals surface area contributed by atoms with Crippen molar-refractivity contribution in [2.75, 3.05) is 12.4 Å². The van der Waals surface area contributed by atoms with Gasteiger partial charge in [-0.1, -0.05) is 26.8 Å². The van der Waals surface area contributed by atoms with Crippen LogP contribution in [0.25, 0.3) is 0 Å². The first-order valence-electron chi connectivity index (χ1n) is 8.82. The highest BCUT2D eigenvalue weighted by molar-refractivity contribution is 6.05. The molecule has 1 aromatic rings. The molecule has 1 rings (SSSR count). The predicted molar refractivity (Wildman–Crippen MR) is 106 cm³/mol. The summed E-state index contributed by atoms with van der Waals surface area (Å²) in [4.78, 5) is 35.7. The molecule has 2 amide bonds. The molecule has 7 nitrogen and oxygen atoms in total. The van der Waals surface area contributed by atoms with Crippen LogP contribution >= 0.6 is 0 Å². The van der Waals surface area contributed by atoms with E-state index in [0.29, 0.717) is 5.71 Å². The van der Waals surface area contributed by atoms with Gasteiger partial charge in [0.15, 0.2) is 0 Å². The fourth-order valence-electron chi connectivity index (χ4n) is 2.11. The number of anilines is 1. The van der Waals surface area contributed by atoms with Crippen LogP contribution in [0.3, 0.4) is 0 Å². The molecule has 0 saturated carbocycles. The van der Waals surface area contributed by atoms with Crippen LogP contribution in [0.4, 0.5) is 10.5 Å². The monoisotopic (exact) mass is 375 g/mol. The molecule has 27 heavy (non-hydrogen) atoms. The zero-order valence-corrected chi connectivity index (χ0v) is 16.9. The molecule has 0 atom stereocenters. The Morgan fingerprint density at radius 2 is 1.74 bits per heavy atom. The lowest BCUT2D eigenvalue weighted by Gasteiger charge is -2.17. The van der Waals surface area contributed by atoms with E-state index < -0.39 is 11.5 Å². The Bertz CT molecular complexity index is 733. The van der Waals surface area contributed by atoms with Gasteiger partial charge >= 0.3 is 6.09 Å². The van der Waals surface area contributed by atoms with Crippen molar-refractivity contribution in [3.63, 3.8) is 0 Å². The molecule has 7 heteroatoms. The molecule has 0 aliphatic rings. The average molecular weight is 375 g/mol. The van der Waals surface area contributed by atoms with Crippen molar-refractivity contribution in [1.29, 1.82) is 0 Å². The number of Topliss-reactive ketones (excluding diaryl/α,β-unsaturated/α-hetero) is 1. The molecule has 2 N–H and O–H groups in total. The number of carbonyl (C=O) groups excluding carboxylic acids is 3. The van der Waals surface area contributed by atoms with Crippen LogP contribution in [-0.4, -0.2) is 30.6 Å². The average Bonchev–Trinajstić information content (AvgIpc) is 2.59. The maximum Gasteiger partial charge on any atom is 0.427 e. The summed E-state index contributed by atoms with van der Waals surface area (Å²) in [6, 6.07) is 5.70. The Kier molecular flexibility index (Phi) is 8.15. The maximum atomic E-state index is 12.3. The van der Waals surface area contributed by atoms with Gasteiger partial charge in [-0.15, -0.1) is 0 Å². The minimum Gasteiger partial charge on any atom is -0.452 e. The first kappa shape index (κ1) is 22.3. The number of ketones is 1. The molecule has 0 saturated heterocycles. The second kappa shape index (κ2) is 9.85. The number of hydrogen-bond donors (Lipinski definition) is 2. The minimum absolute atomic E-state index is 0.0255. The molecule has 0 fully saturated rings. The SMILES string of the molecule is COC(=O)N/N=C(\CCC(=O)Nc1ccc(C)c(C)c1)CC(=O)C(C)(C)C. The second-order valence-corrected chi connectivity index (χ2v) is 7.48. The van der Waals surface area contributed by atoms with Gasteiger partial charge in [0.1, 0.15) is 5.78 Å². The van der Waals surface area contributed by atoms with E-state index in [0.717, 1.165) is 16.8 Å². The van der Waals surface area contributed by atoms with Crippen molar-refractivity contribution >= 4 is 29.2 Å². The molecule has 148 valence electrons. The molecule has 0 heterocycles. The molecule has 0 spiro atoms. The van der Waals surface area contributed by atoms with Gasteiger partial charge in [0.25, 0.3) is 0 Å². The van der Waals surface area contributed by atoms with E-state index in [9.17, 15) is 14.4 Å². The first-order chi connectivity index (χ1) is 12.5. The van der Waals surface area contributed by atoms with Gasteiger partial charge in [0.2, 0.25) is 5.91 Å². The summed E-state index contributed by atoms with van der Waals surface area (Å²) in [5.74, 6) is -0.213. The van der Waals surface area contributed by atoms with Crippen LogP contribution in [0.1, 0.15) is 51.2 Å². The molecule has 0 bridgehead atoms. The fraction of sp³-hybridized carbons (Fsp3) is 0.500. The number of nitrogens with zero attached hydrogens (tertiary/aromatic N) is 1. The summed E-state index contributed by atoms with van der Waals surface area (Å²) in [5, 5.41) is 6.78. The van der Waals surface area contributed by atoms with Crippen LogP contribution < -0.4 is 10.7 Å². The van der Waals surface area contributed by atoms with Crippen LogP contribution in [-0.2, 0) is 14.3 Å². The van der Waals surface area contributed by atoms with Crippen LogP contribution in [0.5, 0.6) is 0 Å². The smallest absolute Gasteiger partial charge is 0.427 e. The third-order valence-corrected chi connectivity index (χ3v) is 4.12.